The van der Waals surface area contributed by atoms with Crippen molar-refractivity contribution in [2.75, 3.05) is 32.4 Å². The van der Waals surface area contributed by atoms with E-state index in [9.17, 15) is 9.59 Å². The first-order valence-electron chi connectivity index (χ1n) is 7.35. The number of benzene rings is 1. The van der Waals surface area contributed by atoms with Gasteiger partial charge in [0.15, 0.2) is 11.5 Å². The van der Waals surface area contributed by atoms with Gasteiger partial charge in [0.05, 0.1) is 20.0 Å². The number of thioether (sulfide) groups is 1. The fraction of sp³-hybridized carbons (Fsp3) is 0.333. The largest absolute Gasteiger partial charge is 0.493 e. The van der Waals surface area contributed by atoms with Crippen molar-refractivity contribution in [1.82, 2.24) is 20.2 Å². The average molecular weight is 365 g/mol. The first kappa shape index (κ1) is 18.6. The van der Waals surface area contributed by atoms with E-state index in [2.05, 4.69) is 15.5 Å². The molecule has 0 spiro atoms. The van der Waals surface area contributed by atoms with Crippen LogP contribution in [0, 0.1) is 0 Å². The van der Waals surface area contributed by atoms with Gasteiger partial charge in [0, 0.05) is 6.54 Å². The third-order valence-electron chi connectivity index (χ3n) is 3.27. The molecule has 2 aromatic rings. The van der Waals surface area contributed by atoms with Gasteiger partial charge in [-0.05, 0) is 24.1 Å². The van der Waals surface area contributed by atoms with E-state index >= 15 is 0 Å². The number of hydrogen-bond acceptors (Lipinski definition) is 8. The molecule has 0 saturated carbocycles. The van der Waals surface area contributed by atoms with Crippen LogP contribution < -0.4 is 26.2 Å². The number of nitrogens with two attached hydrogens (primary N) is 1. The summed E-state index contributed by atoms with van der Waals surface area (Å²) in [6, 6.07) is 5.60. The van der Waals surface area contributed by atoms with E-state index in [0.717, 1.165) is 28.2 Å². The van der Waals surface area contributed by atoms with Crippen molar-refractivity contribution < 1.29 is 14.3 Å². The van der Waals surface area contributed by atoms with Crippen molar-refractivity contribution in [3.05, 3.63) is 40.3 Å². The Hall–Kier alpha value is -2.75. The number of methoxy groups -OCH3 is 2. The van der Waals surface area contributed by atoms with E-state index in [0.29, 0.717) is 24.5 Å². The molecule has 10 heteroatoms. The average Bonchev–Trinajstić information content (AvgIpc) is 2.62. The summed E-state index contributed by atoms with van der Waals surface area (Å²) < 4.78 is 11.3. The second-order valence-electron chi connectivity index (χ2n) is 4.91. The molecule has 1 aromatic carbocycles. The van der Waals surface area contributed by atoms with E-state index in [1.54, 1.807) is 14.2 Å². The van der Waals surface area contributed by atoms with E-state index in [-0.39, 0.29) is 16.8 Å². The van der Waals surface area contributed by atoms with E-state index < -0.39 is 5.56 Å². The number of carbonyl (C=O) groups is 1. The van der Waals surface area contributed by atoms with Crippen molar-refractivity contribution in [3.8, 4) is 11.5 Å². The van der Waals surface area contributed by atoms with Gasteiger partial charge in [-0.3, -0.25) is 9.59 Å². The van der Waals surface area contributed by atoms with Crippen molar-refractivity contribution in [2.45, 2.75) is 11.6 Å². The lowest BCUT2D eigenvalue weighted by Crippen LogP contribution is -2.31. The molecular formula is C15H19N5O4S. The maximum Gasteiger partial charge on any atom is 0.291 e. The highest BCUT2D eigenvalue weighted by Crippen LogP contribution is 2.27. The van der Waals surface area contributed by atoms with Crippen molar-refractivity contribution in [3.63, 3.8) is 0 Å². The van der Waals surface area contributed by atoms with Crippen LogP contribution in [0.3, 0.4) is 0 Å². The van der Waals surface area contributed by atoms with Gasteiger partial charge < -0.3 is 20.6 Å². The molecule has 0 aliphatic heterocycles. The number of amides is 1. The monoisotopic (exact) mass is 365 g/mol. The van der Waals surface area contributed by atoms with Crippen molar-refractivity contribution in [2.24, 2.45) is 0 Å². The standard InChI is InChI=1S/C15H19N5O4S/c1-23-11-4-3-10(7-12(11)24-2)5-6-17-13(21)9-25-15-19-18-8-14(22)20(15)16/h3-4,7-8H,5-6,9,16H2,1-2H3,(H,17,21). The highest BCUT2D eigenvalue weighted by atomic mass is 32.2. The lowest BCUT2D eigenvalue weighted by Gasteiger charge is -2.10. The van der Waals surface area contributed by atoms with E-state index in [4.69, 9.17) is 15.3 Å². The topological polar surface area (TPSA) is 121 Å². The van der Waals surface area contributed by atoms with Gasteiger partial charge in [0.1, 0.15) is 6.20 Å². The van der Waals surface area contributed by atoms with Crippen LogP contribution >= 0.6 is 11.8 Å². The smallest absolute Gasteiger partial charge is 0.291 e. The quantitative estimate of drug-likeness (QED) is 0.488. The second kappa shape index (κ2) is 8.92. The van der Waals surface area contributed by atoms with Crippen molar-refractivity contribution in [1.29, 1.82) is 0 Å². The molecule has 1 heterocycles. The molecular weight excluding hydrogens is 346 g/mol. The third kappa shape index (κ3) is 5.11. The summed E-state index contributed by atoms with van der Waals surface area (Å²) >= 11 is 1.04. The third-order valence-corrected chi connectivity index (χ3v) is 4.21. The molecule has 0 atom stereocenters. The van der Waals surface area contributed by atoms with Gasteiger partial charge in [0.2, 0.25) is 11.1 Å². The molecule has 1 amide bonds. The fourth-order valence-electron chi connectivity index (χ4n) is 1.99. The molecule has 0 aliphatic rings. The zero-order valence-corrected chi connectivity index (χ0v) is 14.7. The molecule has 0 aliphatic carbocycles. The van der Waals surface area contributed by atoms with Crippen LogP contribution in [0.5, 0.6) is 11.5 Å². The molecule has 9 nitrogen and oxygen atoms in total. The predicted molar refractivity (Wildman–Crippen MR) is 93.4 cm³/mol. The molecule has 0 unspecified atom stereocenters. The first-order valence-corrected chi connectivity index (χ1v) is 8.34. The minimum absolute atomic E-state index is 0.0846. The van der Waals surface area contributed by atoms with Crippen LogP contribution in [0.15, 0.2) is 34.3 Å². The van der Waals surface area contributed by atoms with Crippen LogP contribution in [-0.4, -0.2) is 47.3 Å². The summed E-state index contributed by atoms with van der Waals surface area (Å²) in [5.74, 6) is 6.72. The second-order valence-corrected chi connectivity index (χ2v) is 5.86. The number of hydrogen-bond donors (Lipinski definition) is 2. The summed E-state index contributed by atoms with van der Waals surface area (Å²) in [7, 11) is 3.15. The Balaban J connectivity index is 1.80. The van der Waals surface area contributed by atoms with Gasteiger partial charge in [0.25, 0.3) is 5.56 Å². The Morgan fingerprint density at radius 2 is 2.08 bits per heavy atom. The number of rotatable bonds is 8. The van der Waals surface area contributed by atoms with Crippen LogP contribution in [0.1, 0.15) is 5.56 Å². The maximum atomic E-state index is 11.9. The predicted octanol–water partition coefficient (Wildman–Crippen LogP) is -0.180. The van der Waals surface area contributed by atoms with Gasteiger partial charge in [-0.25, -0.2) is 0 Å². The molecule has 25 heavy (non-hydrogen) atoms. The Morgan fingerprint density at radius 1 is 1.32 bits per heavy atom. The Kier molecular flexibility index (Phi) is 6.63. The summed E-state index contributed by atoms with van der Waals surface area (Å²) in [6.07, 6.45) is 1.65. The summed E-state index contributed by atoms with van der Waals surface area (Å²) in [4.78, 5) is 23.2. The van der Waals surface area contributed by atoms with Gasteiger partial charge >= 0.3 is 0 Å². The molecule has 134 valence electrons. The number of aromatic nitrogens is 3. The zero-order chi connectivity index (χ0) is 18.2. The normalized spacial score (nSPS) is 10.3. The van der Waals surface area contributed by atoms with Crippen LogP contribution in [0.25, 0.3) is 0 Å². The highest BCUT2D eigenvalue weighted by molar-refractivity contribution is 7.99. The molecule has 2 rings (SSSR count). The Bertz CT molecular complexity index is 796. The number of ether oxygens (including phenoxy) is 2. The lowest BCUT2D eigenvalue weighted by molar-refractivity contribution is -0.118. The minimum Gasteiger partial charge on any atom is -0.493 e. The van der Waals surface area contributed by atoms with Crippen molar-refractivity contribution >= 4 is 17.7 Å². The van der Waals surface area contributed by atoms with Crippen LogP contribution in [0.4, 0.5) is 0 Å². The maximum absolute atomic E-state index is 11.9. The first-order chi connectivity index (χ1) is 12.0. The SMILES string of the molecule is COc1ccc(CCNC(=O)CSc2nncc(=O)n2N)cc1OC. The Labute approximate surface area is 148 Å². The van der Waals surface area contributed by atoms with Gasteiger partial charge in [-0.1, -0.05) is 17.8 Å². The molecule has 0 radical (unpaired) electrons. The highest BCUT2D eigenvalue weighted by Gasteiger charge is 2.09. The molecule has 0 saturated heterocycles. The van der Waals surface area contributed by atoms with Crippen LogP contribution in [0.2, 0.25) is 0 Å². The molecule has 1 aromatic heterocycles. The molecule has 0 fully saturated rings. The van der Waals surface area contributed by atoms with E-state index in [1.165, 1.54) is 0 Å². The lowest BCUT2D eigenvalue weighted by atomic mass is 10.1. The Morgan fingerprint density at radius 3 is 2.80 bits per heavy atom. The zero-order valence-electron chi connectivity index (χ0n) is 13.9. The number of carbonyl (C=O) groups excluding carboxylic acids is 1. The number of nitrogens with one attached hydrogen (secondary N) is 1. The summed E-state index contributed by atoms with van der Waals surface area (Å²) in [5, 5.41) is 10.2. The number of nitrogens with zero attached hydrogens (tertiary/aromatic N) is 3. The van der Waals surface area contributed by atoms with Gasteiger partial charge in [-0.2, -0.15) is 9.77 Å². The van der Waals surface area contributed by atoms with E-state index in [1.807, 2.05) is 18.2 Å². The summed E-state index contributed by atoms with van der Waals surface area (Å²) in [6.45, 7) is 0.463. The molecule has 3 N–H and O–H groups in total. The molecule has 0 bridgehead atoms. The summed E-state index contributed by atoms with van der Waals surface area (Å²) in [5.41, 5.74) is 0.529. The van der Waals surface area contributed by atoms with Crippen LogP contribution in [-0.2, 0) is 11.2 Å². The minimum atomic E-state index is -0.480. The fourth-order valence-corrected chi connectivity index (χ4v) is 2.69. The van der Waals surface area contributed by atoms with Gasteiger partial charge in [-0.15, -0.1) is 5.10 Å². The number of nitrogen functional groups attached to an aromatic ring is 1.